The minimum atomic E-state index is -3.70. The number of aliphatic hydroxyl groups excluding tert-OH is 1. The van der Waals surface area contributed by atoms with Crippen LogP contribution in [0.15, 0.2) is 35.4 Å². The molecule has 6 nitrogen and oxygen atoms in total. The van der Waals surface area contributed by atoms with Crippen LogP contribution in [0.4, 0.5) is 0 Å². The van der Waals surface area contributed by atoms with Crippen molar-refractivity contribution in [3.05, 3.63) is 47.2 Å². The SMILES string of the molecule is Cc1[nH]nc(S(=O)(=O)N(C)CCc2ccccc2)c1CO. The van der Waals surface area contributed by atoms with E-state index in [1.165, 1.54) is 11.4 Å². The molecule has 0 radical (unpaired) electrons. The molecule has 1 aromatic heterocycles. The number of aliphatic hydroxyl groups is 1. The molecule has 0 spiro atoms. The zero-order chi connectivity index (χ0) is 15.5. The van der Waals surface area contributed by atoms with Gasteiger partial charge in [-0.15, -0.1) is 0 Å². The van der Waals surface area contributed by atoms with Gasteiger partial charge in [0.1, 0.15) is 0 Å². The van der Waals surface area contributed by atoms with E-state index in [2.05, 4.69) is 10.2 Å². The van der Waals surface area contributed by atoms with E-state index in [1.54, 1.807) is 6.92 Å². The Morgan fingerprint density at radius 1 is 1.29 bits per heavy atom. The maximum Gasteiger partial charge on any atom is 0.262 e. The summed E-state index contributed by atoms with van der Waals surface area (Å²) in [5.41, 5.74) is 1.95. The van der Waals surface area contributed by atoms with E-state index in [-0.39, 0.29) is 11.6 Å². The summed E-state index contributed by atoms with van der Waals surface area (Å²) in [4.78, 5) is 0. The second-order valence-electron chi connectivity index (χ2n) is 4.85. The predicted octanol–water partition coefficient (Wildman–Crippen LogP) is 1.07. The van der Waals surface area contributed by atoms with Gasteiger partial charge in [0.25, 0.3) is 10.0 Å². The van der Waals surface area contributed by atoms with Crippen molar-refractivity contribution in [3.8, 4) is 0 Å². The highest BCUT2D eigenvalue weighted by Crippen LogP contribution is 2.19. The van der Waals surface area contributed by atoms with E-state index >= 15 is 0 Å². The highest BCUT2D eigenvalue weighted by molar-refractivity contribution is 7.89. The summed E-state index contributed by atoms with van der Waals surface area (Å²) in [6.45, 7) is 1.67. The largest absolute Gasteiger partial charge is 0.392 e. The number of nitrogens with zero attached hydrogens (tertiary/aromatic N) is 2. The molecule has 1 aromatic carbocycles. The van der Waals surface area contributed by atoms with Crippen molar-refractivity contribution >= 4 is 10.0 Å². The van der Waals surface area contributed by atoms with Gasteiger partial charge in [0.2, 0.25) is 0 Å². The molecule has 0 amide bonds. The summed E-state index contributed by atoms with van der Waals surface area (Å²) >= 11 is 0. The topological polar surface area (TPSA) is 86.3 Å². The Morgan fingerprint density at radius 2 is 1.95 bits per heavy atom. The Labute approximate surface area is 124 Å². The quantitative estimate of drug-likeness (QED) is 0.836. The average molecular weight is 309 g/mol. The molecule has 21 heavy (non-hydrogen) atoms. The molecule has 2 rings (SSSR count). The monoisotopic (exact) mass is 309 g/mol. The lowest BCUT2D eigenvalue weighted by atomic mass is 10.2. The number of aromatic amines is 1. The van der Waals surface area contributed by atoms with E-state index in [4.69, 9.17) is 0 Å². The maximum absolute atomic E-state index is 12.5. The van der Waals surface area contributed by atoms with Crippen molar-refractivity contribution in [2.45, 2.75) is 25.0 Å². The summed E-state index contributed by atoms with van der Waals surface area (Å²) in [6, 6.07) is 9.68. The molecule has 0 unspecified atom stereocenters. The molecule has 2 aromatic rings. The lowest BCUT2D eigenvalue weighted by Crippen LogP contribution is -2.30. The molecule has 0 aliphatic rings. The highest BCUT2D eigenvalue weighted by atomic mass is 32.2. The molecule has 1 heterocycles. The van der Waals surface area contributed by atoms with Gasteiger partial charge >= 0.3 is 0 Å². The third kappa shape index (κ3) is 3.31. The van der Waals surface area contributed by atoms with Crippen LogP contribution in [0.3, 0.4) is 0 Å². The Morgan fingerprint density at radius 3 is 2.57 bits per heavy atom. The molecule has 114 valence electrons. The number of rotatable bonds is 6. The van der Waals surface area contributed by atoms with Crippen molar-refractivity contribution in [3.63, 3.8) is 0 Å². The molecule has 0 atom stereocenters. The van der Waals surface area contributed by atoms with E-state index < -0.39 is 10.0 Å². The van der Waals surface area contributed by atoms with Crippen LogP contribution in [-0.2, 0) is 23.1 Å². The van der Waals surface area contributed by atoms with Crippen LogP contribution in [0, 0.1) is 6.92 Å². The molecule has 0 saturated carbocycles. The first-order valence-corrected chi connectivity index (χ1v) is 8.05. The zero-order valence-corrected chi connectivity index (χ0v) is 12.9. The summed E-state index contributed by atoms with van der Waals surface area (Å²) < 4.78 is 26.2. The first-order chi connectivity index (χ1) is 9.96. The molecule has 0 aliphatic heterocycles. The number of benzene rings is 1. The number of likely N-dealkylation sites (N-methyl/N-ethyl adjacent to an activating group) is 1. The minimum Gasteiger partial charge on any atom is -0.392 e. The van der Waals surface area contributed by atoms with Crippen LogP contribution in [0.1, 0.15) is 16.8 Å². The van der Waals surface area contributed by atoms with Gasteiger partial charge in [-0.3, -0.25) is 5.10 Å². The fraction of sp³-hybridized carbons (Fsp3) is 0.357. The van der Waals surface area contributed by atoms with Gasteiger partial charge in [-0.05, 0) is 18.9 Å². The number of aryl methyl sites for hydroxylation is 1. The summed E-state index contributed by atoms with van der Waals surface area (Å²) in [7, 11) is -2.18. The Bertz CT molecular complexity index is 696. The third-order valence-electron chi connectivity index (χ3n) is 3.41. The second-order valence-corrected chi connectivity index (χ2v) is 6.81. The molecule has 0 aliphatic carbocycles. The number of aromatic nitrogens is 2. The van der Waals surface area contributed by atoms with Crippen molar-refractivity contribution in [2.24, 2.45) is 0 Å². The Kier molecular flexibility index (Phi) is 4.76. The summed E-state index contributed by atoms with van der Waals surface area (Å²) in [6.07, 6.45) is 0.619. The van der Waals surface area contributed by atoms with Gasteiger partial charge in [0.05, 0.1) is 6.61 Å². The van der Waals surface area contributed by atoms with E-state index in [0.717, 1.165) is 5.56 Å². The standard InChI is InChI=1S/C14H19N3O3S/c1-11-13(10-18)14(16-15-11)21(19,20)17(2)9-8-12-6-4-3-5-7-12/h3-7,18H,8-10H2,1-2H3,(H,15,16). The van der Waals surface area contributed by atoms with E-state index in [9.17, 15) is 13.5 Å². The molecular formula is C14H19N3O3S. The Balaban J connectivity index is 2.15. The van der Waals surface area contributed by atoms with Gasteiger partial charge in [0.15, 0.2) is 5.03 Å². The zero-order valence-electron chi connectivity index (χ0n) is 12.1. The lowest BCUT2D eigenvalue weighted by molar-refractivity contribution is 0.277. The van der Waals surface area contributed by atoms with E-state index in [0.29, 0.717) is 24.2 Å². The summed E-state index contributed by atoms with van der Waals surface area (Å²) in [5, 5.41) is 15.6. The first kappa shape index (κ1) is 15.7. The molecule has 0 fully saturated rings. The van der Waals surface area contributed by atoms with Crippen LogP contribution < -0.4 is 0 Å². The molecule has 2 N–H and O–H groups in total. The molecule has 0 saturated heterocycles. The van der Waals surface area contributed by atoms with Gasteiger partial charge in [-0.2, -0.15) is 9.40 Å². The Hall–Kier alpha value is -1.70. The van der Waals surface area contributed by atoms with Crippen molar-refractivity contribution in [1.29, 1.82) is 0 Å². The molecule has 0 bridgehead atoms. The van der Waals surface area contributed by atoms with Crippen molar-refractivity contribution in [2.75, 3.05) is 13.6 Å². The first-order valence-electron chi connectivity index (χ1n) is 6.61. The fourth-order valence-corrected chi connectivity index (χ4v) is 3.35. The third-order valence-corrected chi connectivity index (χ3v) is 5.24. The normalized spacial score (nSPS) is 12.0. The lowest BCUT2D eigenvalue weighted by Gasteiger charge is -2.16. The highest BCUT2D eigenvalue weighted by Gasteiger charge is 2.27. The van der Waals surface area contributed by atoms with Crippen LogP contribution in [0.25, 0.3) is 0 Å². The second kappa shape index (κ2) is 6.38. The number of sulfonamides is 1. The van der Waals surface area contributed by atoms with Gasteiger partial charge in [-0.25, -0.2) is 8.42 Å². The number of hydrogen-bond donors (Lipinski definition) is 2. The fourth-order valence-electron chi connectivity index (χ4n) is 2.03. The number of H-pyrrole nitrogens is 1. The number of nitrogens with one attached hydrogen (secondary N) is 1. The van der Waals surface area contributed by atoms with Gasteiger partial charge in [-0.1, -0.05) is 30.3 Å². The van der Waals surface area contributed by atoms with Crippen molar-refractivity contribution in [1.82, 2.24) is 14.5 Å². The van der Waals surface area contributed by atoms with Crippen LogP contribution >= 0.6 is 0 Å². The predicted molar refractivity (Wildman–Crippen MR) is 79.2 cm³/mol. The van der Waals surface area contributed by atoms with Gasteiger partial charge in [0, 0.05) is 24.8 Å². The van der Waals surface area contributed by atoms with E-state index in [1.807, 2.05) is 30.3 Å². The maximum atomic E-state index is 12.5. The van der Waals surface area contributed by atoms with Crippen LogP contribution in [-0.4, -0.2) is 41.6 Å². The number of hydrogen-bond acceptors (Lipinski definition) is 4. The average Bonchev–Trinajstić information content (AvgIpc) is 2.87. The molecule has 7 heteroatoms. The smallest absolute Gasteiger partial charge is 0.262 e. The molecular weight excluding hydrogens is 290 g/mol. The van der Waals surface area contributed by atoms with Crippen LogP contribution in [0.5, 0.6) is 0 Å². The van der Waals surface area contributed by atoms with Crippen LogP contribution in [0.2, 0.25) is 0 Å². The van der Waals surface area contributed by atoms with Gasteiger partial charge < -0.3 is 5.11 Å². The minimum absolute atomic E-state index is 0.0990. The van der Waals surface area contributed by atoms with Crippen molar-refractivity contribution < 1.29 is 13.5 Å². The summed E-state index contributed by atoms with van der Waals surface area (Å²) in [5.74, 6) is 0.